The smallest absolute Gasteiger partial charge is 0.153 e. The van der Waals surface area contributed by atoms with Crippen LogP contribution in [0, 0.1) is 35.4 Å². The predicted octanol–water partition coefficient (Wildman–Crippen LogP) is 10.3. The molecule has 0 amide bonds. The summed E-state index contributed by atoms with van der Waals surface area (Å²) in [7, 11) is 0. The van der Waals surface area contributed by atoms with Crippen LogP contribution in [0.2, 0.25) is 5.02 Å². The lowest BCUT2D eigenvalue weighted by Crippen LogP contribution is -2.28. The predicted molar refractivity (Wildman–Crippen MR) is 143 cm³/mol. The Kier molecular flexibility index (Phi) is 9.80. The van der Waals surface area contributed by atoms with E-state index in [-0.39, 0.29) is 10.8 Å². The molecule has 0 radical (unpaired) electrons. The van der Waals surface area contributed by atoms with E-state index in [1.54, 1.807) is 0 Å². The normalized spacial score (nSPS) is 30.1. The molecule has 190 valence electrons. The molecule has 1 unspecified atom stereocenters. The first-order valence-electron chi connectivity index (χ1n) is 14.4. The lowest BCUT2D eigenvalue weighted by Gasteiger charge is -2.40. The molecule has 2 fully saturated rings. The van der Waals surface area contributed by atoms with Crippen LogP contribution in [0.4, 0.5) is 4.39 Å². The Balaban J connectivity index is 1.27. The number of hydrogen-bond donors (Lipinski definition) is 0. The van der Waals surface area contributed by atoms with E-state index in [1.807, 2.05) is 12.1 Å². The minimum absolute atomic E-state index is 0.138. The Labute approximate surface area is 212 Å². The summed E-state index contributed by atoms with van der Waals surface area (Å²) in [5.41, 5.74) is 1.81. The van der Waals surface area contributed by atoms with Crippen LogP contribution >= 0.6 is 11.6 Å². The van der Waals surface area contributed by atoms with Crippen molar-refractivity contribution in [2.24, 2.45) is 29.6 Å². The van der Waals surface area contributed by atoms with Crippen LogP contribution in [-0.4, -0.2) is 6.61 Å². The zero-order valence-corrected chi connectivity index (χ0v) is 22.4. The van der Waals surface area contributed by atoms with Crippen molar-refractivity contribution in [1.29, 1.82) is 0 Å². The van der Waals surface area contributed by atoms with Crippen LogP contribution < -0.4 is 4.74 Å². The van der Waals surface area contributed by atoms with Gasteiger partial charge in [-0.05, 0) is 112 Å². The van der Waals surface area contributed by atoms with Gasteiger partial charge in [0.05, 0.1) is 6.61 Å². The van der Waals surface area contributed by atoms with Gasteiger partial charge in [-0.25, -0.2) is 4.39 Å². The van der Waals surface area contributed by atoms with Gasteiger partial charge in [0.25, 0.3) is 0 Å². The fourth-order valence-electron chi connectivity index (χ4n) is 7.19. The molecule has 1 nitrogen and oxygen atoms in total. The molecule has 34 heavy (non-hydrogen) atoms. The highest BCUT2D eigenvalue weighted by Gasteiger charge is 2.33. The largest absolute Gasteiger partial charge is 0.492 e. The molecule has 0 spiro atoms. The average Bonchev–Trinajstić information content (AvgIpc) is 2.88. The van der Waals surface area contributed by atoms with E-state index >= 15 is 4.39 Å². The molecule has 0 bridgehead atoms. The van der Waals surface area contributed by atoms with Crippen LogP contribution in [0.1, 0.15) is 116 Å². The Morgan fingerprint density at radius 1 is 0.853 bits per heavy atom. The third kappa shape index (κ3) is 6.40. The molecule has 1 atom stereocenters. The van der Waals surface area contributed by atoms with Gasteiger partial charge >= 0.3 is 0 Å². The second kappa shape index (κ2) is 12.8. The van der Waals surface area contributed by atoms with Crippen molar-refractivity contribution in [3.8, 4) is 5.75 Å². The molecule has 3 aliphatic carbocycles. The zero-order chi connectivity index (χ0) is 23.9. The molecular formula is C31H46ClFO. The second-order valence-electron chi connectivity index (χ2n) is 11.4. The number of ether oxygens (including phenoxy) is 1. The molecular weight excluding hydrogens is 443 g/mol. The molecule has 1 aromatic carbocycles. The van der Waals surface area contributed by atoms with E-state index in [0.717, 1.165) is 60.8 Å². The third-order valence-corrected chi connectivity index (χ3v) is 9.69. The van der Waals surface area contributed by atoms with Gasteiger partial charge in [0.1, 0.15) is 10.8 Å². The molecule has 0 aromatic heterocycles. The third-order valence-electron chi connectivity index (χ3n) is 9.34. The fourth-order valence-corrected chi connectivity index (χ4v) is 7.41. The first-order chi connectivity index (χ1) is 16.6. The Morgan fingerprint density at radius 3 is 2.09 bits per heavy atom. The van der Waals surface area contributed by atoms with Crippen LogP contribution in [0.3, 0.4) is 0 Å². The minimum Gasteiger partial charge on any atom is -0.492 e. The highest BCUT2D eigenvalue weighted by atomic mass is 35.5. The molecule has 0 heterocycles. The molecule has 0 aliphatic heterocycles. The summed E-state index contributed by atoms with van der Waals surface area (Å²) in [4.78, 5) is 0. The second-order valence-corrected chi connectivity index (χ2v) is 11.8. The van der Waals surface area contributed by atoms with Gasteiger partial charge < -0.3 is 4.74 Å². The summed E-state index contributed by atoms with van der Waals surface area (Å²) in [6.45, 7) is 5.03. The van der Waals surface area contributed by atoms with Crippen molar-refractivity contribution in [3.05, 3.63) is 34.6 Å². The van der Waals surface area contributed by atoms with Crippen molar-refractivity contribution in [3.63, 3.8) is 0 Å². The molecule has 3 aliphatic rings. The quantitative estimate of drug-likeness (QED) is 0.314. The average molecular weight is 489 g/mol. The summed E-state index contributed by atoms with van der Waals surface area (Å²) >= 11 is 6.32. The first kappa shape index (κ1) is 26.1. The van der Waals surface area contributed by atoms with Crippen LogP contribution in [0.15, 0.2) is 18.2 Å². The van der Waals surface area contributed by atoms with E-state index in [1.165, 1.54) is 70.6 Å². The summed E-state index contributed by atoms with van der Waals surface area (Å²) in [5, 5.41) is 0.138. The van der Waals surface area contributed by atoms with E-state index < -0.39 is 0 Å². The number of rotatable bonds is 9. The monoisotopic (exact) mass is 488 g/mol. The molecule has 4 rings (SSSR count). The van der Waals surface area contributed by atoms with Crippen molar-refractivity contribution in [2.75, 3.05) is 6.61 Å². The summed E-state index contributed by atoms with van der Waals surface area (Å²) < 4.78 is 20.7. The summed E-state index contributed by atoms with van der Waals surface area (Å²) in [6.07, 6.45) is 22.1. The fraction of sp³-hybridized carbons (Fsp3) is 0.742. The highest BCUT2D eigenvalue weighted by molar-refractivity contribution is 6.32. The molecule has 2 saturated carbocycles. The molecule has 3 heteroatoms. The molecule has 0 saturated heterocycles. The van der Waals surface area contributed by atoms with Crippen LogP contribution in [-0.2, 0) is 0 Å². The standard InChI is InChI=1S/C31H46ClFO/c1-3-5-21-34-29-20-19-28(31(33)30(29)32)27-17-15-26(16-18-27)25-13-11-24(12-14-25)23-9-7-22(6-4-2)8-10-23/h17,19-20,22-26H,3-16,18,21H2,1-2H3. The number of unbranched alkanes of at least 4 members (excludes halogenated alkanes) is 1. The van der Waals surface area contributed by atoms with E-state index in [2.05, 4.69) is 19.9 Å². The van der Waals surface area contributed by atoms with Gasteiger partial charge in [-0.15, -0.1) is 0 Å². The first-order valence-corrected chi connectivity index (χ1v) is 14.8. The van der Waals surface area contributed by atoms with Crippen molar-refractivity contribution in [2.45, 2.75) is 110 Å². The lowest BCUT2D eigenvalue weighted by atomic mass is 9.65. The van der Waals surface area contributed by atoms with Gasteiger partial charge in [0.15, 0.2) is 5.82 Å². The SMILES string of the molecule is CCCCOc1ccc(C2=CCC(C3CCC(C4CCC(CCC)CC4)CC3)CC2)c(F)c1Cl. The van der Waals surface area contributed by atoms with Crippen molar-refractivity contribution >= 4 is 17.2 Å². The highest BCUT2D eigenvalue weighted by Crippen LogP contribution is 2.46. The van der Waals surface area contributed by atoms with E-state index in [9.17, 15) is 0 Å². The molecule has 0 N–H and O–H groups in total. The Hall–Kier alpha value is -1.02. The Morgan fingerprint density at radius 2 is 1.50 bits per heavy atom. The maximum Gasteiger partial charge on any atom is 0.153 e. The van der Waals surface area contributed by atoms with E-state index in [0.29, 0.717) is 17.9 Å². The van der Waals surface area contributed by atoms with E-state index in [4.69, 9.17) is 16.3 Å². The number of hydrogen-bond acceptors (Lipinski definition) is 1. The van der Waals surface area contributed by atoms with Crippen LogP contribution in [0.5, 0.6) is 5.75 Å². The maximum atomic E-state index is 15.0. The number of halogens is 2. The van der Waals surface area contributed by atoms with Crippen molar-refractivity contribution < 1.29 is 9.13 Å². The summed E-state index contributed by atoms with van der Waals surface area (Å²) in [6, 6.07) is 3.72. The van der Waals surface area contributed by atoms with Gasteiger partial charge in [-0.3, -0.25) is 0 Å². The number of benzene rings is 1. The van der Waals surface area contributed by atoms with Crippen LogP contribution in [0.25, 0.3) is 5.57 Å². The van der Waals surface area contributed by atoms with Gasteiger partial charge in [0.2, 0.25) is 0 Å². The topological polar surface area (TPSA) is 9.23 Å². The van der Waals surface area contributed by atoms with Gasteiger partial charge in [-0.1, -0.05) is 63.6 Å². The summed E-state index contributed by atoms with van der Waals surface area (Å²) in [5.74, 6) is 4.82. The number of allylic oxidation sites excluding steroid dienone is 2. The van der Waals surface area contributed by atoms with Crippen molar-refractivity contribution in [1.82, 2.24) is 0 Å². The lowest BCUT2D eigenvalue weighted by molar-refractivity contribution is 0.121. The maximum absolute atomic E-state index is 15.0. The minimum atomic E-state index is -0.311. The van der Waals surface area contributed by atoms with Gasteiger partial charge in [-0.2, -0.15) is 0 Å². The zero-order valence-electron chi connectivity index (χ0n) is 21.6. The van der Waals surface area contributed by atoms with Gasteiger partial charge in [0, 0.05) is 5.56 Å². The molecule has 1 aromatic rings. The Bertz CT molecular complexity index is 802.